The molecule has 0 atom stereocenters. The molecule has 0 aliphatic carbocycles. The quantitative estimate of drug-likeness (QED) is 0.628. The summed E-state index contributed by atoms with van der Waals surface area (Å²) in [5.74, 6) is -0.495. The Kier molecular flexibility index (Phi) is 4.76. The number of carbonyl (C=O) groups is 1. The van der Waals surface area contributed by atoms with Crippen molar-refractivity contribution in [1.29, 1.82) is 0 Å². The average Bonchev–Trinajstić information content (AvgIpc) is 3.11. The maximum Gasteiger partial charge on any atom is 0.243 e. The number of halogens is 1. The van der Waals surface area contributed by atoms with Crippen molar-refractivity contribution in [3.63, 3.8) is 0 Å². The molecule has 4 rings (SSSR count). The van der Waals surface area contributed by atoms with Crippen LogP contribution >= 0.6 is 0 Å². The number of benzene rings is 2. The lowest BCUT2D eigenvalue weighted by molar-refractivity contribution is 0.101. The number of hydrogen-bond donors (Lipinski definition) is 0. The number of sulfonamides is 1. The smallest absolute Gasteiger partial charge is 0.243 e. The Labute approximate surface area is 162 Å². The summed E-state index contributed by atoms with van der Waals surface area (Å²) in [5.41, 5.74) is 1.82. The molecule has 1 fully saturated rings. The van der Waals surface area contributed by atoms with Crippen molar-refractivity contribution in [2.24, 2.45) is 0 Å². The normalized spacial score (nSPS) is 16.5. The van der Waals surface area contributed by atoms with Crippen LogP contribution < -0.4 is 0 Å². The number of piperidine rings is 1. The molecule has 3 aromatic rings. The number of fused-ring (bicyclic) bond motifs is 1. The number of aromatic nitrogens is 2. The maximum absolute atomic E-state index is 13.4. The van der Waals surface area contributed by atoms with Crippen LogP contribution in [0.3, 0.4) is 0 Å². The van der Waals surface area contributed by atoms with E-state index in [1.54, 1.807) is 24.5 Å². The number of imidazole rings is 1. The Morgan fingerprint density at radius 3 is 2.61 bits per heavy atom. The Bertz CT molecular complexity index is 1150. The highest BCUT2D eigenvalue weighted by Crippen LogP contribution is 2.29. The van der Waals surface area contributed by atoms with Gasteiger partial charge in [-0.05, 0) is 44.0 Å². The van der Waals surface area contributed by atoms with Gasteiger partial charge in [-0.25, -0.2) is 17.8 Å². The number of Topliss-reactive ketones (excluding diaryl/α,β-unsaturated/α-hetero) is 1. The summed E-state index contributed by atoms with van der Waals surface area (Å²) >= 11 is 0. The van der Waals surface area contributed by atoms with Crippen LogP contribution in [0.2, 0.25) is 0 Å². The second-order valence-corrected chi connectivity index (χ2v) is 8.94. The molecule has 0 radical (unpaired) electrons. The van der Waals surface area contributed by atoms with Gasteiger partial charge in [0, 0.05) is 30.8 Å². The van der Waals surface area contributed by atoms with Crippen molar-refractivity contribution in [1.82, 2.24) is 13.9 Å². The third kappa shape index (κ3) is 3.33. The van der Waals surface area contributed by atoms with Crippen molar-refractivity contribution < 1.29 is 17.6 Å². The minimum Gasteiger partial charge on any atom is -0.327 e. The van der Waals surface area contributed by atoms with Crippen molar-refractivity contribution in [2.45, 2.75) is 30.7 Å². The monoisotopic (exact) mass is 401 g/mol. The lowest BCUT2D eigenvalue weighted by Crippen LogP contribution is -2.39. The van der Waals surface area contributed by atoms with E-state index in [0.29, 0.717) is 37.0 Å². The lowest BCUT2D eigenvalue weighted by atomic mass is 10.1. The van der Waals surface area contributed by atoms with Gasteiger partial charge in [0.1, 0.15) is 5.82 Å². The van der Waals surface area contributed by atoms with Crippen LogP contribution in [0.5, 0.6) is 0 Å². The molecule has 0 amide bonds. The zero-order valence-corrected chi connectivity index (χ0v) is 16.2. The molecule has 1 aromatic heterocycles. The minimum atomic E-state index is -3.65. The van der Waals surface area contributed by atoms with Gasteiger partial charge in [-0.15, -0.1) is 0 Å². The zero-order chi connectivity index (χ0) is 19.9. The summed E-state index contributed by atoms with van der Waals surface area (Å²) in [5, 5.41) is 0. The summed E-state index contributed by atoms with van der Waals surface area (Å²) in [4.78, 5) is 16.0. The maximum atomic E-state index is 13.4. The first-order valence-electron chi connectivity index (χ1n) is 9.09. The predicted octanol–water partition coefficient (Wildman–Crippen LogP) is 3.40. The van der Waals surface area contributed by atoms with E-state index in [9.17, 15) is 17.6 Å². The van der Waals surface area contributed by atoms with Crippen LogP contribution in [-0.2, 0) is 10.0 Å². The molecule has 0 saturated carbocycles. The van der Waals surface area contributed by atoms with Crippen molar-refractivity contribution >= 4 is 26.8 Å². The molecule has 2 aromatic carbocycles. The van der Waals surface area contributed by atoms with Gasteiger partial charge in [-0.3, -0.25) is 4.79 Å². The summed E-state index contributed by atoms with van der Waals surface area (Å²) < 4.78 is 42.7. The summed E-state index contributed by atoms with van der Waals surface area (Å²) in [7, 11) is -3.65. The van der Waals surface area contributed by atoms with Crippen LogP contribution in [0.15, 0.2) is 53.7 Å². The Hall–Kier alpha value is -2.58. The van der Waals surface area contributed by atoms with Crippen LogP contribution in [0.25, 0.3) is 11.0 Å². The molecular formula is C20H20FN3O3S. The fourth-order valence-corrected chi connectivity index (χ4v) is 5.20. The first-order chi connectivity index (χ1) is 13.4. The molecule has 28 heavy (non-hydrogen) atoms. The number of rotatable bonds is 4. The van der Waals surface area contributed by atoms with Crippen molar-refractivity contribution in [2.75, 3.05) is 13.1 Å². The van der Waals surface area contributed by atoms with E-state index in [2.05, 4.69) is 4.98 Å². The molecule has 1 aliphatic rings. The van der Waals surface area contributed by atoms with Gasteiger partial charge < -0.3 is 4.57 Å². The summed E-state index contributed by atoms with van der Waals surface area (Å²) in [6.45, 7) is 2.16. The summed E-state index contributed by atoms with van der Waals surface area (Å²) in [6, 6.07) is 10.8. The average molecular weight is 401 g/mol. The van der Waals surface area contributed by atoms with Gasteiger partial charge in [0.05, 0.1) is 22.3 Å². The van der Waals surface area contributed by atoms with E-state index < -0.39 is 10.0 Å². The molecule has 0 bridgehead atoms. The topological polar surface area (TPSA) is 72.3 Å². The van der Waals surface area contributed by atoms with Crippen molar-refractivity contribution in [3.05, 3.63) is 60.2 Å². The summed E-state index contributed by atoms with van der Waals surface area (Å²) in [6.07, 6.45) is 2.96. The number of nitrogens with zero attached hydrogens (tertiary/aromatic N) is 3. The van der Waals surface area contributed by atoms with E-state index in [1.165, 1.54) is 35.5 Å². The minimum absolute atomic E-state index is 0.102. The van der Waals surface area contributed by atoms with Crippen LogP contribution in [-0.4, -0.2) is 41.1 Å². The predicted molar refractivity (Wildman–Crippen MR) is 103 cm³/mol. The van der Waals surface area contributed by atoms with E-state index >= 15 is 0 Å². The third-order valence-corrected chi connectivity index (χ3v) is 7.13. The highest BCUT2D eigenvalue weighted by molar-refractivity contribution is 7.89. The molecule has 0 spiro atoms. The first-order valence-corrected chi connectivity index (χ1v) is 10.5. The fourth-order valence-electron chi connectivity index (χ4n) is 3.68. The molecule has 0 unspecified atom stereocenters. The van der Waals surface area contributed by atoms with Crippen LogP contribution in [0.4, 0.5) is 4.39 Å². The highest BCUT2D eigenvalue weighted by atomic mass is 32.2. The van der Waals surface area contributed by atoms with Gasteiger partial charge in [-0.2, -0.15) is 4.31 Å². The molecule has 0 N–H and O–H groups in total. The van der Waals surface area contributed by atoms with Gasteiger partial charge >= 0.3 is 0 Å². The SMILES string of the molecule is CC(=O)c1cccc(S(=O)(=O)N2CCC(n3cnc4cc(F)ccc43)CC2)c1. The Morgan fingerprint density at radius 2 is 1.89 bits per heavy atom. The van der Waals surface area contributed by atoms with E-state index in [0.717, 1.165) is 5.52 Å². The van der Waals surface area contributed by atoms with Gasteiger partial charge in [0.2, 0.25) is 10.0 Å². The largest absolute Gasteiger partial charge is 0.327 e. The standard InChI is InChI=1S/C20H20FN3O3S/c1-14(25)15-3-2-4-18(11-15)28(26,27)23-9-7-17(8-10-23)24-13-22-19-12-16(21)5-6-20(19)24/h2-6,11-13,17H,7-10H2,1H3. The number of hydrogen-bond acceptors (Lipinski definition) is 4. The zero-order valence-electron chi connectivity index (χ0n) is 15.4. The number of carbonyl (C=O) groups excluding carboxylic acids is 1. The molecule has 8 heteroatoms. The Balaban J connectivity index is 1.53. The van der Waals surface area contributed by atoms with Crippen molar-refractivity contribution in [3.8, 4) is 0 Å². The molecular weight excluding hydrogens is 381 g/mol. The molecule has 2 heterocycles. The van der Waals surface area contributed by atoms with Crippen LogP contribution in [0.1, 0.15) is 36.2 Å². The Morgan fingerprint density at radius 1 is 1.14 bits per heavy atom. The molecule has 1 aliphatic heterocycles. The molecule has 6 nitrogen and oxygen atoms in total. The fraction of sp³-hybridized carbons (Fsp3) is 0.300. The molecule has 1 saturated heterocycles. The van der Waals surface area contributed by atoms with Gasteiger partial charge in [0.25, 0.3) is 0 Å². The second kappa shape index (κ2) is 7.10. The van der Waals surface area contributed by atoms with E-state index in [-0.39, 0.29) is 22.5 Å². The highest BCUT2D eigenvalue weighted by Gasteiger charge is 2.30. The van der Waals surface area contributed by atoms with Gasteiger partial charge in [0.15, 0.2) is 5.78 Å². The second-order valence-electron chi connectivity index (χ2n) is 7.00. The van der Waals surface area contributed by atoms with E-state index in [4.69, 9.17) is 0 Å². The number of ketones is 1. The van der Waals surface area contributed by atoms with E-state index in [1.807, 2.05) is 4.57 Å². The van der Waals surface area contributed by atoms with Gasteiger partial charge in [-0.1, -0.05) is 12.1 Å². The first kappa shape index (κ1) is 18.8. The lowest BCUT2D eigenvalue weighted by Gasteiger charge is -2.32. The third-order valence-electron chi connectivity index (χ3n) is 5.23. The van der Waals surface area contributed by atoms with Crippen LogP contribution in [0, 0.1) is 5.82 Å². The molecule has 146 valence electrons.